The molecular formula is C15H22N2. The molecule has 1 fully saturated rings. The number of hydrogen-bond acceptors (Lipinski definition) is 2. The standard InChI is InChI=1S/C15H22N2/c16-15-7-5-12(6-8-15)9-17-10-13-3-1-2-4-14(13)11-17/h1-4,12,15H,5-11,16H2. The lowest BCUT2D eigenvalue weighted by molar-refractivity contribution is 0.196. The predicted octanol–water partition coefficient (Wildman–Crippen LogP) is 2.52. The topological polar surface area (TPSA) is 29.3 Å². The smallest absolute Gasteiger partial charge is 0.0240 e. The van der Waals surface area contributed by atoms with Crippen LogP contribution in [0.2, 0.25) is 0 Å². The summed E-state index contributed by atoms with van der Waals surface area (Å²) in [6.07, 6.45) is 5.11. The minimum absolute atomic E-state index is 0.474. The zero-order valence-corrected chi connectivity index (χ0v) is 10.4. The second kappa shape index (κ2) is 4.79. The molecule has 2 heteroatoms. The first-order chi connectivity index (χ1) is 8.31. The van der Waals surface area contributed by atoms with Gasteiger partial charge in [0.05, 0.1) is 0 Å². The van der Waals surface area contributed by atoms with E-state index in [9.17, 15) is 0 Å². The highest BCUT2D eigenvalue weighted by molar-refractivity contribution is 5.30. The van der Waals surface area contributed by atoms with E-state index in [1.807, 2.05) is 0 Å². The van der Waals surface area contributed by atoms with E-state index in [1.54, 1.807) is 0 Å². The molecule has 0 bridgehead atoms. The Kier molecular flexibility index (Phi) is 3.17. The van der Waals surface area contributed by atoms with Crippen molar-refractivity contribution in [3.63, 3.8) is 0 Å². The van der Waals surface area contributed by atoms with Crippen molar-refractivity contribution in [3.8, 4) is 0 Å². The lowest BCUT2D eigenvalue weighted by Crippen LogP contribution is -2.32. The highest BCUT2D eigenvalue weighted by atomic mass is 15.1. The molecule has 2 nitrogen and oxygen atoms in total. The van der Waals surface area contributed by atoms with Gasteiger partial charge >= 0.3 is 0 Å². The minimum Gasteiger partial charge on any atom is -0.328 e. The number of fused-ring (bicyclic) bond motifs is 1. The minimum atomic E-state index is 0.474. The molecule has 2 aliphatic rings. The van der Waals surface area contributed by atoms with E-state index in [4.69, 9.17) is 5.73 Å². The molecule has 1 saturated carbocycles. The van der Waals surface area contributed by atoms with Crippen LogP contribution in [0.1, 0.15) is 36.8 Å². The van der Waals surface area contributed by atoms with Gasteiger partial charge < -0.3 is 5.73 Å². The third-order valence-corrected chi connectivity index (χ3v) is 4.31. The molecule has 1 aliphatic carbocycles. The lowest BCUT2D eigenvalue weighted by atomic mass is 9.86. The van der Waals surface area contributed by atoms with Crippen molar-refractivity contribution in [1.82, 2.24) is 4.90 Å². The van der Waals surface area contributed by atoms with Crippen LogP contribution in [-0.2, 0) is 13.1 Å². The molecule has 1 aliphatic heterocycles. The lowest BCUT2D eigenvalue weighted by Gasteiger charge is -2.29. The molecule has 0 saturated heterocycles. The Hall–Kier alpha value is -0.860. The maximum Gasteiger partial charge on any atom is 0.0240 e. The zero-order valence-electron chi connectivity index (χ0n) is 10.4. The first-order valence-electron chi connectivity index (χ1n) is 6.86. The first-order valence-corrected chi connectivity index (χ1v) is 6.86. The first kappa shape index (κ1) is 11.2. The summed E-state index contributed by atoms with van der Waals surface area (Å²) in [7, 11) is 0. The van der Waals surface area contributed by atoms with Gasteiger partial charge in [-0.25, -0.2) is 0 Å². The second-order valence-electron chi connectivity index (χ2n) is 5.72. The van der Waals surface area contributed by atoms with Gasteiger partial charge in [0.15, 0.2) is 0 Å². The highest BCUT2D eigenvalue weighted by Gasteiger charge is 2.24. The Morgan fingerprint density at radius 2 is 1.59 bits per heavy atom. The highest BCUT2D eigenvalue weighted by Crippen LogP contribution is 2.28. The Labute approximate surface area is 104 Å². The van der Waals surface area contributed by atoms with Crippen LogP contribution in [0.5, 0.6) is 0 Å². The van der Waals surface area contributed by atoms with Crippen molar-refractivity contribution in [3.05, 3.63) is 35.4 Å². The molecule has 0 spiro atoms. The fourth-order valence-electron chi connectivity index (χ4n) is 3.27. The molecule has 0 unspecified atom stereocenters. The predicted molar refractivity (Wildman–Crippen MR) is 70.5 cm³/mol. The fourth-order valence-corrected chi connectivity index (χ4v) is 3.27. The summed E-state index contributed by atoms with van der Waals surface area (Å²) in [6.45, 7) is 3.57. The molecule has 0 radical (unpaired) electrons. The quantitative estimate of drug-likeness (QED) is 0.846. The van der Waals surface area contributed by atoms with E-state index < -0.39 is 0 Å². The Bertz CT molecular complexity index is 355. The van der Waals surface area contributed by atoms with Gasteiger partial charge in [-0.05, 0) is 42.7 Å². The van der Waals surface area contributed by atoms with Crippen molar-refractivity contribution in [1.29, 1.82) is 0 Å². The number of nitrogens with zero attached hydrogens (tertiary/aromatic N) is 1. The third kappa shape index (κ3) is 2.53. The summed E-state index contributed by atoms with van der Waals surface area (Å²) in [5, 5.41) is 0. The monoisotopic (exact) mass is 230 g/mol. The van der Waals surface area contributed by atoms with E-state index in [2.05, 4.69) is 29.2 Å². The molecule has 1 aromatic rings. The van der Waals surface area contributed by atoms with Crippen LogP contribution >= 0.6 is 0 Å². The molecule has 0 amide bonds. The van der Waals surface area contributed by atoms with Crippen molar-refractivity contribution in [2.24, 2.45) is 11.7 Å². The molecule has 1 aromatic carbocycles. The van der Waals surface area contributed by atoms with E-state index >= 15 is 0 Å². The zero-order chi connectivity index (χ0) is 11.7. The summed E-state index contributed by atoms with van der Waals surface area (Å²) in [4.78, 5) is 2.60. The second-order valence-corrected chi connectivity index (χ2v) is 5.72. The summed E-state index contributed by atoms with van der Waals surface area (Å²) in [5.41, 5.74) is 9.02. The molecule has 3 rings (SSSR count). The summed E-state index contributed by atoms with van der Waals surface area (Å²) >= 11 is 0. The largest absolute Gasteiger partial charge is 0.328 e. The van der Waals surface area contributed by atoms with E-state index in [-0.39, 0.29) is 0 Å². The van der Waals surface area contributed by atoms with E-state index in [0.717, 1.165) is 19.0 Å². The van der Waals surface area contributed by atoms with Crippen molar-refractivity contribution in [2.75, 3.05) is 6.54 Å². The molecular weight excluding hydrogens is 208 g/mol. The summed E-state index contributed by atoms with van der Waals surface area (Å²) in [6, 6.07) is 9.32. The van der Waals surface area contributed by atoms with Gasteiger partial charge in [-0.1, -0.05) is 24.3 Å². The molecule has 1 heterocycles. The number of benzene rings is 1. The molecule has 92 valence electrons. The average Bonchev–Trinajstić information content (AvgIpc) is 2.74. The molecule has 2 N–H and O–H groups in total. The normalized spacial score (nSPS) is 29.2. The van der Waals surface area contributed by atoms with Crippen molar-refractivity contribution >= 4 is 0 Å². The number of hydrogen-bond donors (Lipinski definition) is 1. The van der Waals surface area contributed by atoms with Gasteiger partial charge in [0.2, 0.25) is 0 Å². The van der Waals surface area contributed by atoms with Crippen LogP contribution in [-0.4, -0.2) is 17.5 Å². The Morgan fingerprint density at radius 1 is 1.00 bits per heavy atom. The third-order valence-electron chi connectivity index (χ3n) is 4.31. The summed E-state index contributed by atoms with van der Waals surface area (Å²) in [5.74, 6) is 0.879. The molecule has 17 heavy (non-hydrogen) atoms. The van der Waals surface area contributed by atoms with Gasteiger partial charge in [-0.2, -0.15) is 0 Å². The van der Waals surface area contributed by atoms with Crippen LogP contribution in [0.25, 0.3) is 0 Å². The van der Waals surface area contributed by atoms with E-state index in [0.29, 0.717) is 6.04 Å². The van der Waals surface area contributed by atoms with Gasteiger partial charge in [0.1, 0.15) is 0 Å². The van der Waals surface area contributed by atoms with Crippen LogP contribution < -0.4 is 5.73 Å². The number of nitrogens with two attached hydrogens (primary N) is 1. The fraction of sp³-hybridized carbons (Fsp3) is 0.600. The average molecular weight is 230 g/mol. The summed E-state index contributed by atoms with van der Waals surface area (Å²) < 4.78 is 0. The number of rotatable bonds is 2. The SMILES string of the molecule is NC1CCC(CN2Cc3ccccc3C2)CC1. The van der Waals surface area contributed by atoms with Crippen LogP contribution in [0.15, 0.2) is 24.3 Å². The van der Waals surface area contributed by atoms with E-state index in [1.165, 1.54) is 43.4 Å². The Balaban J connectivity index is 1.55. The van der Waals surface area contributed by atoms with Crippen molar-refractivity contribution in [2.45, 2.75) is 44.8 Å². The van der Waals surface area contributed by atoms with Crippen LogP contribution in [0.3, 0.4) is 0 Å². The van der Waals surface area contributed by atoms with Crippen LogP contribution in [0, 0.1) is 5.92 Å². The van der Waals surface area contributed by atoms with Crippen LogP contribution in [0.4, 0.5) is 0 Å². The maximum absolute atomic E-state index is 5.96. The van der Waals surface area contributed by atoms with Gasteiger partial charge in [-0.3, -0.25) is 4.90 Å². The van der Waals surface area contributed by atoms with Crippen molar-refractivity contribution < 1.29 is 0 Å². The Morgan fingerprint density at radius 3 is 2.18 bits per heavy atom. The molecule has 0 atom stereocenters. The van der Waals surface area contributed by atoms with Gasteiger partial charge in [0, 0.05) is 25.7 Å². The van der Waals surface area contributed by atoms with Gasteiger partial charge in [-0.15, -0.1) is 0 Å². The molecule has 0 aromatic heterocycles. The maximum atomic E-state index is 5.96. The van der Waals surface area contributed by atoms with Gasteiger partial charge in [0.25, 0.3) is 0 Å².